The number of methoxy groups -OCH3 is 1. The first kappa shape index (κ1) is 21.9. The van der Waals surface area contributed by atoms with Crippen molar-refractivity contribution >= 4 is 23.2 Å². The molecule has 1 aromatic heterocycles. The zero-order valence-electron chi connectivity index (χ0n) is 18.3. The number of carbonyl (C=O) groups excluding carboxylic acids is 1. The summed E-state index contributed by atoms with van der Waals surface area (Å²) in [6.45, 7) is 10.6. The van der Waals surface area contributed by atoms with Gasteiger partial charge in [0.05, 0.1) is 30.6 Å². The van der Waals surface area contributed by atoms with Crippen molar-refractivity contribution in [1.82, 2.24) is 9.78 Å². The number of aromatic nitrogens is 2. The molecule has 1 N–H and O–H groups in total. The van der Waals surface area contributed by atoms with Gasteiger partial charge in [-0.05, 0) is 48.6 Å². The van der Waals surface area contributed by atoms with E-state index in [1.54, 1.807) is 7.11 Å². The predicted octanol–water partition coefficient (Wildman–Crippen LogP) is 5.76. The Morgan fingerprint density at radius 1 is 1.17 bits per heavy atom. The molecule has 1 heterocycles. The number of rotatable bonds is 5. The van der Waals surface area contributed by atoms with Gasteiger partial charge in [0.2, 0.25) is 0 Å². The van der Waals surface area contributed by atoms with E-state index >= 15 is 0 Å². The maximum atomic E-state index is 13.2. The number of amides is 1. The summed E-state index contributed by atoms with van der Waals surface area (Å²) in [4.78, 5) is 13.2. The second kappa shape index (κ2) is 8.52. The van der Waals surface area contributed by atoms with E-state index in [-0.39, 0.29) is 11.3 Å². The average Bonchev–Trinajstić information content (AvgIpc) is 2.96. The summed E-state index contributed by atoms with van der Waals surface area (Å²) in [6, 6.07) is 13.5. The van der Waals surface area contributed by atoms with Gasteiger partial charge in [0.15, 0.2) is 0 Å². The maximum absolute atomic E-state index is 13.2. The Bertz CT molecular complexity index is 1080. The fraction of sp³-hybridized carbons (Fsp3) is 0.333. The molecule has 0 saturated heterocycles. The van der Waals surface area contributed by atoms with E-state index in [0.717, 1.165) is 16.8 Å². The highest BCUT2D eigenvalue weighted by atomic mass is 35.5. The smallest absolute Gasteiger partial charge is 0.259 e. The molecule has 3 aromatic rings. The van der Waals surface area contributed by atoms with E-state index in [9.17, 15) is 4.79 Å². The van der Waals surface area contributed by atoms with Crippen LogP contribution in [0.2, 0.25) is 5.02 Å². The van der Waals surface area contributed by atoms with E-state index in [4.69, 9.17) is 16.3 Å². The summed E-state index contributed by atoms with van der Waals surface area (Å²) in [5.74, 6) is 0.412. The van der Waals surface area contributed by atoms with Crippen molar-refractivity contribution in [3.63, 3.8) is 0 Å². The van der Waals surface area contributed by atoms with Gasteiger partial charge in [0.1, 0.15) is 5.75 Å². The molecule has 1 amide bonds. The van der Waals surface area contributed by atoms with Crippen LogP contribution in [0.5, 0.6) is 5.75 Å². The summed E-state index contributed by atoms with van der Waals surface area (Å²) in [7, 11) is 1.60. The molecule has 0 saturated carbocycles. The highest BCUT2D eigenvalue weighted by Crippen LogP contribution is 2.32. The minimum absolute atomic E-state index is 0.0442. The van der Waals surface area contributed by atoms with Gasteiger partial charge in [-0.1, -0.05) is 56.6 Å². The molecule has 2 aromatic carbocycles. The Morgan fingerprint density at radius 3 is 2.50 bits per heavy atom. The quantitative estimate of drug-likeness (QED) is 0.565. The van der Waals surface area contributed by atoms with Crippen LogP contribution in [0.15, 0.2) is 42.5 Å². The molecule has 30 heavy (non-hydrogen) atoms. The lowest BCUT2D eigenvalue weighted by Gasteiger charge is -2.21. The third-order valence-electron chi connectivity index (χ3n) is 5.20. The van der Waals surface area contributed by atoms with E-state index in [1.165, 1.54) is 0 Å². The standard InChI is InChI=1S/C24H28ClN3O2/c1-15-22(16(2)28(27-15)14-17-9-7-8-10-19(17)25)23(29)26-20-13-18(24(3,4)5)11-12-21(20)30-6/h7-13H,14H2,1-6H3,(H,26,29). The SMILES string of the molecule is COc1ccc(C(C)(C)C)cc1NC(=O)c1c(C)nn(Cc2ccccc2Cl)c1C. The summed E-state index contributed by atoms with van der Waals surface area (Å²) in [6.07, 6.45) is 0. The minimum atomic E-state index is -0.209. The molecule has 0 aliphatic carbocycles. The number of benzene rings is 2. The molecule has 0 aliphatic heterocycles. The molecule has 0 atom stereocenters. The highest BCUT2D eigenvalue weighted by Gasteiger charge is 2.22. The molecule has 5 nitrogen and oxygen atoms in total. The van der Waals surface area contributed by atoms with Crippen LogP contribution >= 0.6 is 11.6 Å². The number of aryl methyl sites for hydroxylation is 1. The number of nitrogens with zero attached hydrogens (tertiary/aromatic N) is 2. The Labute approximate surface area is 183 Å². The van der Waals surface area contributed by atoms with Crippen molar-refractivity contribution in [3.05, 3.63) is 75.6 Å². The molecular formula is C24H28ClN3O2. The number of halogens is 1. The van der Waals surface area contributed by atoms with Crippen molar-refractivity contribution in [3.8, 4) is 5.75 Å². The van der Waals surface area contributed by atoms with Gasteiger partial charge in [-0.15, -0.1) is 0 Å². The van der Waals surface area contributed by atoms with Crippen LogP contribution in [0.3, 0.4) is 0 Å². The maximum Gasteiger partial charge on any atom is 0.259 e. The Hall–Kier alpha value is -2.79. The second-order valence-electron chi connectivity index (χ2n) is 8.41. The zero-order valence-corrected chi connectivity index (χ0v) is 19.1. The van der Waals surface area contributed by atoms with Gasteiger partial charge in [-0.2, -0.15) is 5.10 Å². The molecule has 3 rings (SSSR count). The summed E-state index contributed by atoms with van der Waals surface area (Å²) < 4.78 is 7.27. The van der Waals surface area contributed by atoms with Crippen molar-refractivity contribution in [2.24, 2.45) is 0 Å². The van der Waals surface area contributed by atoms with Crippen LogP contribution in [0.1, 0.15) is 53.6 Å². The van der Waals surface area contributed by atoms with Gasteiger partial charge >= 0.3 is 0 Å². The topological polar surface area (TPSA) is 56.1 Å². The fourth-order valence-corrected chi connectivity index (χ4v) is 3.62. The second-order valence-corrected chi connectivity index (χ2v) is 8.82. The third kappa shape index (κ3) is 4.51. The molecule has 0 bridgehead atoms. The van der Waals surface area contributed by atoms with E-state index in [1.807, 2.05) is 61.0 Å². The number of carbonyl (C=O) groups is 1. The number of hydrogen-bond donors (Lipinski definition) is 1. The number of hydrogen-bond acceptors (Lipinski definition) is 3. The molecule has 0 fully saturated rings. The van der Waals surface area contributed by atoms with E-state index < -0.39 is 0 Å². The van der Waals surface area contributed by atoms with Crippen LogP contribution in [0.4, 0.5) is 5.69 Å². The lowest BCUT2D eigenvalue weighted by atomic mass is 9.87. The fourth-order valence-electron chi connectivity index (χ4n) is 3.42. The van der Waals surface area contributed by atoms with Gasteiger partial charge < -0.3 is 10.1 Å². The minimum Gasteiger partial charge on any atom is -0.495 e. The number of nitrogens with one attached hydrogen (secondary N) is 1. The van der Waals surface area contributed by atoms with Crippen LogP contribution in [-0.2, 0) is 12.0 Å². The summed E-state index contributed by atoms with van der Waals surface area (Å²) >= 11 is 6.29. The van der Waals surface area contributed by atoms with Gasteiger partial charge in [-0.3, -0.25) is 9.48 Å². The molecular weight excluding hydrogens is 398 g/mol. The lowest BCUT2D eigenvalue weighted by molar-refractivity contribution is 0.102. The van der Waals surface area contributed by atoms with Crippen LogP contribution in [0, 0.1) is 13.8 Å². The van der Waals surface area contributed by atoms with Crippen molar-refractivity contribution in [2.75, 3.05) is 12.4 Å². The van der Waals surface area contributed by atoms with E-state index in [2.05, 4.69) is 31.2 Å². The van der Waals surface area contributed by atoms with Gasteiger partial charge in [0, 0.05) is 10.7 Å². The number of anilines is 1. The van der Waals surface area contributed by atoms with Gasteiger partial charge in [-0.25, -0.2) is 0 Å². The Morgan fingerprint density at radius 2 is 1.87 bits per heavy atom. The van der Waals surface area contributed by atoms with Crippen molar-refractivity contribution in [1.29, 1.82) is 0 Å². The third-order valence-corrected chi connectivity index (χ3v) is 5.57. The van der Waals surface area contributed by atoms with Crippen LogP contribution in [0.25, 0.3) is 0 Å². The van der Waals surface area contributed by atoms with Crippen LogP contribution < -0.4 is 10.1 Å². The zero-order chi connectivity index (χ0) is 22.1. The number of ether oxygens (including phenoxy) is 1. The summed E-state index contributed by atoms with van der Waals surface area (Å²) in [5.41, 5.74) is 4.69. The monoisotopic (exact) mass is 425 g/mol. The lowest BCUT2D eigenvalue weighted by Crippen LogP contribution is -2.17. The van der Waals surface area contributed by atoms with Crippen molar-refractivity contribution < 1.29 is 9.53 Å². The molecule has 6 heteroatoms. The van der Waals surface area contributed by atoms with Crippen molar-refractivity contribution in [2.45, 2.75) is 46.6 Å². The first-order valence-electron chi connectivity index (χ1n) is 9.89. The molecule has 158 valence electrons. The predicted molar refractivity (Wildman–Crippen MR) is 122 cm³/mol. The highest BCUT2D eigenvalue weighted by molar-refractivity contribution is 6.31. The van der Waals surface area contributed by atoms with E-state index in [0.29, 0.717) is 34.3 Å². The largest absolute Gasteiger partial charge is 0.495 e. The van der Waals surface area contributed by atoms with Gasteiger partial charge in [0.25, 0.3) is 5.91 Å². The molecule has 0 spiro atoms. The Balaban J connectivity index is 1.91. The summed E-state index contributed by atoms with van der Waals surface area (Å²) in [5, 5.41) is 8.27. The first-order valence-corrected chi connectivity index (χ1v) is 10.3. The molecule has 0 aliphatic rings. The average molecular weight is 426 g/mol. The first-order chi connectivity index (χ1) is 14.1. The Kier molecular flexibility index (Phi) is 6.22. The molecule has 0 unspecified atom stereocenters. The normalized spacial score (nSPS) is 11.4. The van der Waals surface area contributed by atoms with Crippen LogP contribution in [-0.4, -0.2) is 22.8 Å². The molecule has 0 radical (unpaired) electrons.